The zero-order chi connectivity index (χ0) is 17.9. The second-order valence-corrected chi connectivity index (χ2v) is 9.20. The third kappa shape index (κ3) is 2.29. The highest BCUT2D eigenvalue weighted by Crippen LogP contribution is 2.53. The van der Waals surface area contributed by atoms with Gasteiger partial charge < -0.3 is 9.32 Å². The van der Waals surface area contributed by atoms with E-state index in [1.807, 2.05) is 12.3 Å². The molecule has 1 aliphatic carbocycles. The van der Waals surface area contributed by atoms with Crippen molar-refractivity contribution >= 4 is 27.8 Å². The van der Waals surface area contributed by atoms with Gasteiger partial charge in [-0.25, -0.2) is 4.98 Å². The molecule has 1 saturated carbocycles. The Morgan fingerprint density at radius 2 is 1.85 bits per heavy atom. The number of aryl methyl sites for hydroxylation is 1. The standard InChI is InChI=1S/C23H28N2O/c1-16-9-10-17-18-8-7-13-24-21(18)26-20(17)19(16)25-15-23(14-22(25,2)3)11-5-4-6-12-23/h7-10,13H,4-6,11-12,14-15H2,1-3H3. The van der Waals surface area contributed by atoms with Crippen molar-refractivity contribution in [3.05, 3.63) is 36.0 Å². The SMILES string of the molecule is Cc1ccc2c(oc3ncccc32)c1N1CC2(CCCCC2)CC1(C)C. The second-order valence-electron chi connectivity index (χ2n) is 9.20. The molecule has 0 amide bonds. The highest BCUT2D eigenvalue weighted by molar-refractivity contribution is 6.08. The molecule has 0 atom stereocenters. The summed E-state index contributed by atoms with van der Waals surface area (Å²) >= 11 is 0. The predicted octanol–water partition coefficient (Wildman–Crippen LogP) is 6.23. The quantitative estimate of drug-likeness (QED) is 0.522. The third-order valence-electron chi connectivity index (χ3n) is 6.81. The topological polar surface area (TPSA) is 29.3 Å². The molecule has 0 unspecified atom stereocenters. The van der Waals surface area contributed by atoms with Crippen LogP contribution < -0.4 is 4.90 Å². The number of nitrogens with zero attached hydrogens (tertiary/aromatic N) is 2. The van der Waals surface area contributed by atoms with Gasteiger partial charge in [-0.1, -0.05) is 31.4 Å². The Morgan fingerprint density at radius 3 is 2.65 bits per heavy atom. The minimum atomic E-state index is 0.156. The zero-order valence-corrected chi connectivity index (χ0v) is 16.1. The summed E-state index contributed by atoms with van der Waals surface area (Å²) in [5.41, 5.74) is 4.99. The van der Waals surface area contributed by atoms with E-state index in [4.69, 9.17) is 4.42 Å². The number of anilines is 1. The summed E-state index contributed by atoms with van der Waals surface area (Å²) in [6.45, 7) is 8.20. The first-order valence-electron chi connectivity index (χ1n) is 10.0. The number of fused-ring (bicyclic) bond motifs is 3. The van der Waals surface area contributed by atoms with Crippen molar-refractivity contribution in [1.29, 1.82) is 0 Å². The van der Waals surface area contributed by atoms with Crippen molar-refractivity contribution < 1.29 is 4.42 Å². The summed E-state index contributed by atoms with van der Waals surface area (Å²) in [5.74, 6) is 0. The second kappa shape index (κ2) is 5.48. The van der Waals surface area contributed by atoms with Gasteiger partial charge in [0.1, 0.15) is 0 Å². The molecular weight excluding hydrogens is 320 g/mol. The summed E-state index contributed by atoms with van der Waals surface area (Å²) in [5, 5.41) is 2.31. The molecule has 1 saturated heterocycles. The van der Waals surface area contributed by atoms with E-state index in [-0.39, 0.29) is 5.54 Å². The lowest BCUT2D eigenvalue weighted by atomic mass is 9.71. The van der Waals surface area contributed by atoms with Crippen LogP contribution in [0.5, 0.6) is 0 Å². The normalized spacial score (nSPS) is 21.9. The number of furan rings is 1. The van der Waals surface area contributed by atoms with Crippen molar-refractivity contribution in [2.45, 2.75) is 64.8 Å². The Hall–Kier alpha value is -2.03. The van der Waals surface area contributed by atoms with Crippen LogP contribution in [0.2, 0.25) is 0 Å². The van der Waals surface area contributed by atoms with Crippen molar-refractivity contribution in [3.8, 4) is 0 Å². The lowest BCUT2D eigenvalue weighted by Crippen LogP contribution is -2.38. The highest BCUT2D eigenvalue weighted by Gasteiger charge is 2.49. The molecule has 3 heterocycles. The van der Waals surface area contributed by atoms with Crippen LogP contribution in [0.4, 0.5) is 5.69 Å². The van der Waals surface area contributed by atoms with E-state index in [1.54, 1.807) is 0 Å². The minimum Gasteiger partial charge on any atom is -0.436 e. The van der Waals surface area contributed by atoms with Gasteiger partial charge in [0.2, 0.25) is 5.71 Å². The lowest BCUT2D eigenvalue weighted by Gasteiger charge is -2.34. The highest BCUT2D eigenvalue weighted by atomic mass is 16.3. The van der Waals surface area contributed by atoms with Crippen LogP contribution in [0.15, 0.2) is 34.9 Å². The molecule has 1 aromatic carbocycles. The van der Waals surface area contributed by atoms with Crippen LogP contribution in [0, 0.1) is 12.3 Å². The minimum absolute atomic E-state index is 0.156. The van der Waals surface area contributed by atoms with E-state index >= 15 is 0 Å². The maximum atomic E-state index is 6.29. The summed E-state index contributed by atoms with van der Waals surface area (Å²) in [6.07, 6.45) is 10.0. The number of aromatic nitrogens is 1. The summed E-state index contributed by atoms with van der Waals surface area (Å²) in [7, 11) is 0. The first kappa shape index (κ1) is 16.2. The van der Waals surface area contributed by atoms with E-state index < -0.39 is 0 Å². The van der Waals surface area contributed by atoms with Crippen molar-refractivity contribution in [2.75, 3.05) is 11.4 Å². The van der Waals surface area contributed by atoms with Crippen molar-refractivity contribution in [1.82, 2.24) is 4.98 Å². The van der Waals surface area contributed by atoms with E-state index in [1.165, 1.54) is 55.2 Å². The molecule has 26 heavy (non-hydrogen) atoms. The molecule has 2 aromatic heterocycles. The number of pyridine rings is 1. The van der Waals surface area contributed by atoms with Gasteiger partial charge in [-0.05, 0) is 63.1 Å². The summed E-state index contributed by atoms with van der Waals surface area (Å²) < 4.78 is 6.29. The molecule has 3 nitrogen and oxygen atoms in total. The van der Waals surface area contributed by atoms with Gasteiger partial charge >= 0.3 is 0 Å². The Labute approximate surface area is 155 Å². The van der Waals surface area contributed by atoms with Crippen LogP contribution in [0.3, 0.4) is 0 Å². The first-order valence-corrected chi connectivity index (χ1v) is 10.0. The Bertz CT molecular complexity index is 978. The van der Waals surface area contributed by atoms with Crippen LogP contribution in [0.25, 0.3) is 22.1 Å². The maximum Gasteiger partial charge on any atom is 0.227 e. The van der Waals surface area contributed by atoms with Gasteiger partial charge in [0, 0.05) is 29.1 Å². The van der Waals surface area contributed by atoms with Gasteiger partial charge in [-0.2, -0.15) is 0 Å². The van der Waals surface area contributed by atoms with E-state index in [0.717, 1.165) is 23.2 Å². The molecule has 1 spiro atoms. The Kier molecular flexibility index (Phi) is 3.41. The number of hydrogen-bond donors (Lipinski definition) is 0. The molecular formula is C23H28N2O. The molecule has 2 aliphatic rings. The van der Waals surface area contributed by atoms with E-state index in [0.29, 0.717) is 5.41 Å². The zero-order valence-electron chi connectivity index (χ0n) is 16.1. The number of hydrogen-bond acceptors (Lipinski definition) is 3. The van der Waals surface area contributed by atoms with Gasteiger partial charge in [0.15, 0.2) is 5.58 Å². The van der Waals surface area contributed by atoms with Crippen molar-refractivity contribution in [2.24, 2.45) is 5.41 Å². The number of rotatable bonds is 1. The molecule has 0 N–H and O–H groups in total. The smallest absolute Gasteiger partial charge is 0.227 e. The van der Waals surface area contributed by atoms with Crippen molar-refractivity contribution in [3.63, 3.8) is 0 Å². The predicted molar refractivity (Wildman–Crippen MR) is 108 cm³/mol. The van der Waals surface area contributed by atoms with Crippen LogP contribution in [-0.4, -0.2) is 17.1 Å². The third-order valence-corrected chi connectivity index (χ3v) is 6.81. The molecule has 0 radical (unpaired) electrons. The number of benzene rings is 1. The largest absolute Gasteiger partial charge is 0.436 e. The average molecular weight is 348 g/mol. The fourth-order valence-corrected chi connectivity index (χ4v) is 5.73. The van der Waals surface area contributed by atoms with Crippen LogP contribution in [-0.2, 0) is 0 Å². The molecule has 1 aliphatic heterocycles. The van der Waals surface area contributed by atoms with E-state index in [9.17, 15) is 0 Å². The van der Waals surface area contributed by atoms with Gasteiger partial charge in [-0.15, -0.1) is 0 Å². The summed E-state index contributed by atoms with van der Waals surface area (Å²) in [4.78, 5) is 7.10. The monoisotopic (exact) mass is 348 g/mol. The van der Waals surface area contributed by atoms with E-state index in [2.05, 4.69) is 48.9 Å². The molecule has 3 heteroatoms. The van der Waals surface area contributed by atoms with Gasteiger partial charge in [-0.3, -0.25) is 0 Å². The fourth-order valence-electron chi connectivity index (χ4n) is 5.73. The lowest BCUT2D eigenvalue weighted by molar-refractivity contribution is 0.204. The average Bonchev–Trinajstić information content (AvgIpc) is 3.10. The fraction of sp³-hybridized carbons (Fsp3) is 0.522. The van der Waals surface area contributed by atoms with Gasteiger partial charge in [0.25, 0.3) is 0 Å². The van der Waals surface area contributed by atoms with Gasteiger partial charge in [0.05, 0.1) is 5.69 Å². The molecule has 5 rings (SSSR count). The van der Waals surface area contributed by atoms with Crippen LogP contribution in [0.1, 0.15) is 57.9 Å². The van der Waals surface area contributed by atoms with Crippen LogP contribution >= 0.6 is 0 Å². The molecule has 2 fully saturated rings. The Balaban J connectivity index is 1.69. The first-order chi connectivity index (χ1) is 12.5. The summed E-state index contributed by atoms with van der Waals surface area (Å²) in [6, 6.07) is 8.56. The Morgan fingerprint density at radius 1 is 1.04 bits per heavy atom. The molecule has 3 aromatic rings. The maximum absolute atomic E-state index is 6.29. The molecule has 136 valence electrons. The molecule has 0 bridgehead atoms.